The molecule has 0 bridgehead atoms. The molecule has 0 saturated heterocycles. The van der Waals surface area contributed by atoms with Gasteiger partial charge in [-0.2, -0.15) is 5.10 Å². The SMILES string of the molecule is C/C(=N/NC(=O)c1cc2c(s1)CCC2)c1cccc(-n2cnnn2)c1. The number of hydrogen-bond acceptors (Lipinski definition) is 6. The zero-order valence-electron chi connectivity index (χ0n) is 13.6. The van der Waals surface area contributed by atoms with Gasteiger partial charge in [0.2, 0.25) is 0 Å². The minimum Gasteiger partial charge on any atom is -0.266 e. The van der Waals surface area contributed by atoms with Crippen LogP contribution < -0.4 is 5.43 Å². The largest absolute Gasteiger partial charge is 0.281 e. The van der Waals surface area contributed by atoms with E-state index in [0.29, 0.717) is 5.71 Å². The quantitative estimate of drug-likeness (QED) is 0.577. The van der Waals surface area contributed by atoms with E-state index < -0.39 is 0 Å². The van der Waals surface area contributed by atoms with Gasteiger partial charge in [-0.3, -0.25) is 4.79 Å². The lowest BCUT2D eigenvalue weighted by Gasteiger charge is -2.05. The first-order valence-corrected chi connectivity index (χ1v) is 8.82. The number of nitrogens with zero attached hydrogens (tertiary/aromatic N) is 5. The van der Waals surface area contributed by atoms with Gasteiger partial charge in [-0.25, -0.2) is 10.1 Å². The van der Waals surface area contributed by atoms with Gasteiger partial charge in [0.05, 0.1) is 16.3 Å². The van der Waals surface area contributed by atoms with Crippen molar-refractivity contribution >= 4 is 23.0 Å². The number of amides is 1. The van der Waals surface area contributed by atoms with Crippen LogP contribution in [0.4, 0.5) is 0 Å². The summed E-state index contributed by atoms with van der Waals surface area (Å²) >= 11 is 1.57. The fourth-order valence-electron chi connectivity index (χ4n) is 2.85. The molecular formula is C17H16N6OS. The van der Waals surface area contributed by atoms with Crippen LogP contribution in [0, 0.1) is 0 Å². The summed E-state index contributed by atoms with van der Waals surface area (Å²) < 4.78 is 1.57. The first-order chi connectivity index (χ1) is 12.2. The van der Waals surface area contributed by atoms with E-state index in [1.807, 2.05) is 37.3 Å². The van der Waals surface area contributed by atoms with Crippen LogP contribution in [0.3, 0.4) is 0 Å². The molecule has 2 heterocycles. The van der Waals surface area contributed by atoms with E-state index in [9.17, 15) is 4.79 Å². The summed E-state index contributed by atoms with van der Waals surface area (Å²) in [5.41, 5.74) is 6.40. The van der Waals surface area contributed by atoms with Gasteiger partial charge in [0.1, 0.15) is 6.33 Å². The Morgan fingerprint density at radius 1 is 1.32 bits per heavy atom. The third-order valence-electron chi connectivity index (χ3n) is 4.17. The number of fused-ring (bicyclic) bond motifs is 1. The number of aromatic nitrogens is 4. The lowest BCUT2D eigenvalue weighted by molar-refractivity contribution is 0.0959. The highest BCUT2D eigenvalue weighted by Crippen LogP contribution is 2.30. The van der Waals surface area contributed by atoms with Crippen molar-refractivity contribution in [3.05, 3.63) is 57.5 Å². The summed E-state index contributed by atoms with van der Waals surface area (Å²) in [4.78, 5) is 14.4. The van der Waals surface area contributed by atoms with Gasteiger partial charge in [0.25, 0.3) is 5.91 Å². The minimum atomic E-state index is -0.157. The van der Waals surface area contributed by atoms with Crippen molar-refractivity contribution in [2.75, 3.05) is 0 Å². The van der Waals surface area contributed by atoms with Gasteiger partial charge in [0, 0.05) is 4.88 Å². The number of hydrazone groups is 1. The van der Waals surface area contributed by atoms with Crippen LogP contribution in [0.1, 0.15) is 39.0 Å². The summed E-state index contributed by atoms with van der Waals surface area (Å²) in [5.74, 6) is -0.157. The van der Waals surface area contributed by atoms with Crippen molar-refractivity contribution in [3.63, 3.8) is 0 Å². The predicted octanol–water partition coefficient (Wildman–Crippen LogP) is 2.37. The molecule has 0 fully saturated rings. The molecule has 0 atom stereocenters. The fourth-order valence-corrected chi connectivity index (χ4v) is 3.99. The molecule has 1 amide bonds. The number of hydrogen-bond donors (Lipinski definition) is 1. The van der Waals surface area contributed by atoms with Crippen LogP contribution in [0.5, 0.6) is 0 Å². The van der Waals surface area contributed by atoms with Crippen molar-refractivity contribution < 1.29 is 4.79 Å². The molecule has 7 nitrogen and oxygen atoms in total. The van der Waals surface area contributed by atoms with Crippen molar-refractivity contribution in [3.8, 4) is 5.69 Å². The topological polar surface area (TPSA) is 85.1 Å². The molecule has 1 N–H and O–H groups in total. The van der Waals surface area contributed by atoms with Crippen LogP contribution in [0.25, 0.3) is 5.69 Å². The number of benzene rings is 1. The van der Waals surface area contributed by atoms with E-state index >= 15 is 0 Å². The Morgan fingerprint density at radius 2 is 2.24 bits per heavy atom. The minimum absolute atomic E-state index is 0.157. The molecule has 0 aliphatic heterocycles. The highest BCUT2D eigenvalue weighted by molar-refractivity contribution is 7.14. The normalized spacial score (nSPS) is 13.7. The predicted molar refractivity (Wildman–Crippen MR) is 95.2 cm³/mol. The molecule has 0 radical (unpaired) electrons. The first-order valence-electron chi connectivity index (χ1n) is 8.01. The Labute approximate surface area is 148 Å². The van der Waals surface area contributed by atoms with Gasteiger partial charge in [-0.1, -0.05) is 12.1 Å². The van der Waals surface area contributed by atoms with E-state index in [4.69, 9.17) is 0 Å². The second-order valence-electron chi connectivity index (χ2n) is 5.86. The van der Waals surface area contributed by atoms with Gasteiger partial charge >= 0.3 is 0 Å². The molecule has 0 spiro atoms. The van der Waals surface area contributed by atoms with E-state index in [2.05, 4.69) is 26.1 Å². The molecule has 1 aromatic carbocycles. The maximum atomic E-state index is 12.3. The van der Waals surface area contributed by atoms with Crippen LogP contribution in [-0.4, -0.2) is 31.8 Å². The van der Waals surface area contributed by atoms with Gasteiger partial charge in [-0.15, -0.1) is 16.4 Å². The molecule has 4 rings (SSSR count). The average Bonchev–Trinajstić information content (AvgIpc) is 3.36. The maximum absolute atomic E-state index is 12.3. The zero-order chi connectivity index (χ0) is 17.2. The van der Waals surface area contributed by atoms with Crippen molar-refractivity contribution in [2.24, 2.45) is 5.10 Å². The molecular weight excluding hydrogens is 336 g/mol. The number of carbonyl (C=O) groups excluding carboxylic acids is 1. The van der Waals surface area contributed by atoms with Gasteiger partial charge < -0.3 is 0 Å². The van der Waals surface area contributed by atoms with Crippen LogP contribution >= 0.6 is 11.3 Å². The Kier molecular flexibility index (Phi) is 4.10. The molecule has 0 unspecified atom stereocenters. The molecule has 3 aromatic rings. The summed E-state index contributed by atoms with van der Waals surface area (Å²) in [6.45, 7) is 1.85. The number of aryl methyl sites for hydroxylation is 2. The van der Waals surface area contributed by atoms with E-state index in [0.717, 1.165) is 29.0 Å². The highest BCUT2D eigenvalue weighted by Gasteiger charge is 2.18. The molecule has 126 valence electrons. The second-order valence-corrected chi connectivity index (χ2v) is 6.99. The third-order valence-corrected chi connectivity index (χ3v) is 5.41. The lowest BCUT2D eigenvalue weighted by atomic mass is 10.1. The standard InChI is InChI=1S/C17H16N6OS/c1-11(12-4-2-6-14(8-12)23-10-18-21-22-23)19-20-17(24)16-9-13-5-3-7-15(13)25-16/h2,4,6,8-10H,3,5,7H2,1H3,(H,20,24)/b19-11-. The second kappa shape index (κ2) is 6.56. The highest BCUT2D eigenvalue weighted by atomic mass is 32.1. The van der Waals surface area contributed by atoms with Gasteiger partial charge in [0.15, 0.2) is 0 Å². The summed E-state index contributed by atoms with van der Waals surface area (Å²) in [6.07, 6.45) is 4.88. The van der Waals surface area contributed by atoms with Crippen molar-refractivity contribution in [1.82, 2.24) is 25.6 Å². The van der Waals surface area contributed by atoms with Gasteiger partial charge in [-0.05, 0) is 65.9 Å². The fraction of sp³-hybridized carbons (Fsp3) is 0.235. The average molecular weight is 352 g/mol. The zero-order valence-corrected chi connectivity index (χ0v) is 14.5. The Balaban J connectivity index is 1.49. The van der Waals surface area contributed by atoms with Crippen LogP contribution in [-0.2, 0) is 12.8 Å². The number of rotatable bonds is 4. The summed E-state index contributed by atoms with van der Waals surface area (Å²) in [5, 5.41) is 15.4. The number of tetrazole rings is 1. The lowest BCUT2D eigenvalue weighted by Crippen LogP contribution is -2.18. The van der Waals surface area contributed by atoms with Crippen molar-refractivity contribution in [2.45, 2.75) is 26.2 Å². The van der Waals surface area contributed by atoms with E-state index in [1.54, 1.807) is 16.0 Å². The van der Waals surface area contributed by atoms with Crippen LogP contribution in [0.2, 0.25) is 0 Å². The summed E-state index contributed by atoms with van der Waals surface area (Å²) in [7, 11) is 0. The maximum Gasteiger partial charge on any atom is 0.281 e. The van der Waals surface area contributed by atoms with Crippen LogP contribution in [0.15, 0.2) is 41.8 Å². The monoisotopic (exact) mass is 352 g/mol. The number of nitrogens with one attached hydrogen (secondary N) is 1. The molecule has 8 heteroatoms. The Morgan fingerprint density at radius 3 is 3.04 bits per heavy atom. The Bertz CT molecular complexity index is 922. The Hall–Kier alpha value is -2.87. The molecule has 0 saturated carbocycles. The summed E-state index contributed by atoms with van der Waals surface area (Å²) in [6, 6.07) is 9.64. The molecule has 1 aliphatic carbocycles. The smallest absolute Gasteiger partial charge is 0.266 e. The number of thiophene rings is 1. The number of carbonyl (C=O) groups is 1. The third kappa shape index (κ3) is 3.20. The van der Waals surface area contributed by atoms with E-state index in [1.165, 1.54) is 23.2 Å². The first kappa shape index (κ1) is 15.6. The molecule has 2 aromatic heterocycles. The molecule has 1 aliphatic rings. The van der Waals surface area contributed by atoms with E-state index in [-0.39, 0.29) is 5.91 Å². The van der Waals surface area contributed by atoms with Crippen molar-refractivity contribution in [1.29, 1.82) is 0 Å². The molecule has 25 heavy (non-hydrogen) atoms.